The Bertz CT molecular complexity index is 1180. The number of hydrogen-bond donors (Lipinski definition) is 1. The SMILES string of the molecule is O=[N+]([O-])c1ccccc1S[C@@H]1C[C@@H]2[C@H](c3cccc(F)c3N[C@@H]2c2ccc(F)cc2)[C@@H]1Cl. The number of nitrogens with zero attached hydrogens (tertiary/aromatic N) is 1. The number of halogens is 3. The second-order valence-corrected chi connectivity index (χ2v) is 9.91. The van der Waals surface area contributed by atoms with Crippen LogP contribution in [-0.2, 0) is 0 Å². The summed E-state index contributed by atoms with van der Waals surface area (Å²) in [6.07, 6.45) is 0.681. The maximum Gasteiger partial charge on any atom is 0.282 e. The van der Waals surface area contributed by atoms with Gasteiger partial charge in [-0.25, -0.2) is 8.78 Å². The van der Waals surface area contributed by atoms with Gasteiger partial charge in [-0.2, -0.15) is 0 Å². The van der Waals surface area contributed by atoms with E-state index >= 15 is 0 Å². The lowest BCUT2D eigenvalue weighted by Crippen LogP contribution is -2.31. The number of nitrogens with one attached hydrogen (secondary N) is 1. The number of para-hydroxylation sites is 2. The molecule has 1 heterocycles. The number of nitro benzene ring substituents is 1. The Hall–Kier alpha value is -2.64. The molecule has 0 unspecified atom stereocenters. The molecule has 1 aliphatic carbocycles. The Morgan fingerprint density at radius 2 is 1.78 bits per heavy atom. The average Bonchev–Trinajstić information content (AvgIpc) is 3.11. The Balaban J connectivity index is 1.54. The van der Waals surface area contributed by atoms with Gasteiger partial charge in [0.2, 0.25) is 0 Å². The zero-order valence-electron chi connectivity index (χ0n) is 16.8. The molecule has 3 aromatic carbocycles. The molecule has 32 heavy (non-hydrogen) atoms. The van der Waals surface area contributed by atoms with Crippen molar-refractivity contribution < 1.29 is 13.7 Å². The van der Waals surface area contributed by atoms with Crippen molar-refractivity contribution in [2.24, 2.45) is 5.92 Å². The smallest absolute Gasteiger partial charge is 0.282 e. The molecule has 0 bridgehead atoms. The molecular weight excluding hydrogens is 454 g/mol. The molecule has 1 saturated carbocycles. The summed E-state index contributed by atoms with van der Waals surface area (Å²) in [5.74, 6) is -0.803. The van der Waals surface area contributed by atoms with Gasteiger partial charge in [0.15, 0.2) is 0 Å². The Labute approximate surface area is 193 Å². The van der Waals surface area contributed by atoms with Crippen molar-refractivity contribution in [1.82, 2.24) is 0 Å². The van der Waals surface area contributed by atoms with Gasteiger partial charge in [0.1, 0.15) is 11.6 Å². The van der Waals surface area contributed by atoms with E-state index < -0.39 is 0 Å². The van der Waals surface area contributed by atoms with Gasteiger partial charge in [0.25, 0.3) is 5.69 Å². The maximum atomic E-state index is 14.7. The van der Waals surface area contributed by atoms with E-state index in [0.717, 1.165) is 11.1 Å². The third kappa shape index (κ3) is 3.63. The highest BCUT2D eigenvalue weighted by Gasteiger charge is 2.50. The highest BCUT2D eigenvalue weighted by atomic mass is 35.5. The fourth-order valence-corrected chi connectivity index (χ4v) is 6.92. The van der Waals surface area contributed by atoms with Crippen molar-refractivity contribution in [3.05, 3.63) is 99.6 Å². The molecule has 4 nitrogen and oxygen atoms in total. The Kier molecular flexibility index (Phi) is 5.55. The quantitative estimate of drug-likeness (QED) is 0.254. The van der Waals surface area contributed by atoms with Gasteiger partial charge in [0, 0.05) is 17.2 Å². The number of benzene rings is 3. The van der Waals surface area contributed by atoms with Crippen LogP contribution in [0.1, 0.15) is 29.5 Å². The largest absolute Gasteiger partial charge is 0.375 e. The molecule has 1 fully saturated rings. The van der Waals surface area contributed by atoms with E-state index in [1.54, 1.807) is 36.4 Å². The molecule has 164 valence electrons. The number of hydrogen-bond acceptors (Lipinski definition) is 4. The summed E-state index contributed by atoms with van der Waals surface area (Å²) in [6, 6.07) is 17.6. The summed E-state index contributed by atoms with van der Waals surface area (Å²) >= 11 is 8.39. The number of nitro groups is 1. The van der Waals surface area contributed by atoms with Crippen molar-refractivity contribution in [2.75, 3.05) is 5.32 Å². The molecule has 0 radical (unpaired) electrons. The van der Waals surface area contributed by atoms with Crippen LogP contribution in [0.5, 0.6) is 0 Å². The molecule has 2 aliphatic rings. The average molecular weight is 473 g/mol. The minimum absolute atomic E-state index is 0.0255. The van der Waals surface area contributed by atoms with E-state index in [0.29, 0.717) is 17.0 Å². The number of fused-ring (bicyclic) bond motifs is 3. The van der Waals surface area contributed by atoms with Crippen LogP contribution in [0.15, 0.2) is 71.6 Å². The number of anilines is 1. The van der Waals surface area contributed by atoms with Gasteiger partial charge < -0.3 is 5.32 Å². The van der Waals surface area contributed by atoms with Gasteiger partial charge in [-0.05, 0) is 47.7 Å². The summed E-state index contributed by atoms with van der Waals surface area (Å²) in [5, 5.41) is 14.3. The van der Waals surface area contributed by atoms with Crippen LogP contribution in [-0.4, -0.2) is 15.6 Å². The van der Waals surface area contributed by atoms with Crippen LogP contribution >= 0.6 is 23.4 Å². The molecule has 1 aliphatic heterocycles. The molecule has 0 spiro atoms. The minimum atomic E-state index is -0.388. The van der Waals surface area contributed by atoms with E-state index in [-0.39, 0.29) is 50.7 Å². The van der Waals surface area contributed by atoms with Crippen molar-refractivity contribution >= 4 is 34.7 Å². The van der Waals surface area contributed by atoms with Crippen molar-refractivity contribution in [1.29, 1.82) is 0 Å². The Morgan fingerprint density at radius 3 is 2.53 bits per heavy atom. The zero-order chi connectivity index (χ0) is 22.4. The van der Waals surface area contributed by atoms with Gasteiger partial charge >= 0.3 is 0 Å². The van der Waals surface area contributed by atoms with Gasteiger partial charge in [0.05, 0.1) is 26.9 Å². The van der Waals surface area contributed by atoms with Crippen LogP contribution < -0.4 is 5.32 Å². The van der Waals surface area contributed by atoms with Gasteiger partial charge in [-0.15, -0.1) is 23.4 Å². The lowest BCUT2D eigenvalue weighted by molar-refractivity contribution is -0.387. The third-order valence-electron chi connectivity index (χ3n) is 6.37. The van der Waals surface area contributed by atoms with E-state index in [1.165, 1.54) is 36.0 Å². The predicted octanol–water partition coefficient (Wildman–Crippen LogP) is 6.91. The van der Waals surface area contributed by atoms with Crippen LogP contribution in [0.2, 0.25) is 0 Å². The first-order valence-corrected chi connectivity index (χ1v) is 11.6. The van der Waals surface area contributed by atoms with E-state index in [4.69, 9.17) is 11.6 Å². The molecule has 0 aromatic heterocycles. The third-order valence-corrected chi connectivity index (χ3v) is 8.48. The van der Waals surface area contributed by atoms with Gasteiger partial charge in [-0.3, -0.25) is 10.1 Å². The van der Waals surface area contributed by atoms with Crippen molar-refractivity contribution in [3.63, 3.8) is 0 Å². The molecule has 0 saturated heterocycles. The molecule has 0 amide bonds. The summed E-state index contributed by atoms with van der Waals surface area (Å²) in [5.41, 5.74) is 2.15. The summed E-state index contributed by atoms with van der Waals surface area (Å²) < 4.78 is 28.3. The topological polar surface area (TPSA) is 55.2 Å². The summed E-state index contributed by atoms with van der Waals surface area (Å²) in [7, 11) is 0. The summed E-state index contributed by atoms with van der Waals surface area (Å²) in [4.78, 5) is 11.7. The first kappa shape index (κ1) is 21.2. The molecule has 5 atom stereocenters. The first-order chi connectivity index (χ1) is 15.4. The second kappa shape index (κ2) is 8.37. The lowest BCUT2D eigenvalue weighted by atomic mass is 9.77. The lowest BCUT2D eigenvalue weighted by Gasteiger charge is -2.38. The van der Waals surface area contributed by atoms with E-state index in [2.05, 4.69) is 5.32 Å². The highest BCUT2D eigenvalue weighted by Crippen LogP contribution is 2.58. The predicted molar refractivity (Wildman–Crippen MR) is 122 cm³/mol. The number of thioether (sulfide) groups is 1. The van der Waals surface area contributed by atoms with Crippen molar-refractivity contribution in [3.8, 4) is 0 Å². The normalized spacial score (nSPS) is 26.2. The van der Waals surface area contributed by atoms with Crippen LogP contribution in [0.25, 0.3) is 0 Å². The van der Waals surface area contributed by atoms with Crippen molar-refractivity contribution in [2.45, 2.75) is 33.9 Å². The zero-order valence-corrected chi connectivity index (χ0v) is 18.3. The second-order valence-electron chi connectivity index (χ2n) is 8.13. The molecule has 3 aromatic rings. The fraction of sp³-hybridized carbons (Fsp3) is 0.250. The monoisotopic (exact) mass is 472 g/mol. The molecule has 5 rings (SSSR count). The number of rotatable bonds is 4. The highest BCUT2D eigenvalue weighted by molar-refractivity contribution is 8.00. The minimum Gasteiger partial charge on any atom is -0.375 e. The van der Waals surface area contributed by atoms with Crippen LogP contribution in [0.4, 0.5) is 20.2 Å². The van der Waals surface area contributed by atoms with Gasteiger partial charge in [-0.1, -0.05) is 36.4 Å². The first-order valence-electron chi connectivity index (χ1n) is 10.3. The molecule has 1 N–H and O–H groups in total. The summed E-state index contributed by atoms with van der Waals surface area (Å²) in [6.45, 7) is 0. The molecular formula is C24H19ClF2N2O2S. The Morgan fingerprint density at radius 1 is 1.03 bits per heavy atom. The van der Waals surface area contributed by atoms with Crippen LogP contribution in [0, 0.1) is 27.7 Å². The fourth-order valence-electron chi connectivity index (χ4n) is 4.98. The molecule has 8 heteroatoms. The maximum absolute atomic E-state index is 14.7. The van der Waals surface area contributed by atoms with Crippen LogP contribution in [0.3, 0.4) is 0 Å². The standard InChI is InChI=1S/C24H19ClF2N2O2S/c25-22-20(32-19-7-2-1-6-18(19)29(30)31)12-16-21(22)15-4-3-5-17(27)24(15)28-23(16)13-8-10-14(26)11-9-13/h1-11,16,20-23,28H,12H2/t16-,20-,21+,22-,23-/m1/s1. The van der Waals surface area contributed by atoms with E-state index in [1.807, 2.05) is 6.07 Å². The van der Waals surface area contributed by atoms with E-state index in [9.17, 15) is 18.9 Å². The number of alkyl halides is 1.